The van der Waals surface area contributed by atoms with Crippen molar-refractivity contribution in [2.45, 2.75) is 0 Å². The predicted octanol–water partition coefficient (Wildman–Crippen LogP) is 13.0. The molecule has 0 saturated carbocycles. The lowest BCUT2D eigenvalue weighted by molar-refractivity contribution is 0.584. The number of nitrogens with zero attached hydrogens (tertiary/aromatic N) is 3. The van der Waals surface area contributed by atoms with E-state index in [1.165, 1.54) is 10.8 Å². The number of hydrogen-bond donors (Lipinski definition) is 0. The van der Waals surface area contributed by atoms with Crippen LogP contribution in [0.2, 0.25) is 0 Å². The Morgan fingerprint density at radius 3 is 1.27 bits per heavy atom. The molecule has 3 aromatic heterocycles. The topological polar surface area (TPSA) is 68.4 Å². The fraction of sp³-hybridized carbons (Fsp3) is 0. The third-order valence-corrected chi connectivity index (χ3v) is 9.98. The highest BCUT2D eigenvalue weighted by atomic mass is 16.4. The third-order valence-electron chi connectivity index (χ3n) is 9.98. The first-order valence-corrected chi connectivity index (χ1v) is 17.2. The van der Waals surface area contributed by atoms with Gasteiger partial charge in [-0.25, -0.2) is 0 Å². The molecule has 0 fully saturated rings. The first-order chi connectivity index (χ1) is 25.7. The minimum absolute atomic E-state index is 0.462. The number of benzene rings is 8. The highest BCUT2D eigenvalue weighted by molar-refractivity contribution is 6.12. The van der Waals surface area contributed by atoms with Gasteiger partial charge in [-0.1, -0.05) is 66.7 Å². The molecule has 0 radical (unpaired) electrons. The molecule has 11 aromatic rings. The molecular weight excluding hydrogens is 643 g/mol. The summed E-state index contributed by atoms with van der Waals surface area (Å²) in [6.07, 6.45) is 0. The Labute approximate surface area is 296 Å². The lowest BCUT2D eigenvalue weighted by Crippen LogP contribution is -2.09. The maximum Gasteiger partial charge on any atom is 0.248 e. The van der Waals surface area contributed by atoms with E-state index in [0.717, 1.165) is 82.8 Å². The van der Waals surface area contributed by atoms with Crippen LogP contribution in [-0.2, 0) is 0 Å². The van der Waals surface area contributed by atoms with Crippen molar-refractivity contribution in [3.05, 3.63) is 164 Å². The van der Waals surface area contributed by atoms with Crippen LogP contribution in [0, 0.1) is 0 Å². The molecule has 0 unspecified atom stereocenters. The van der Waals surface area contributed by atoms with E-state index < -0.39 is 0 Å². The Kier molecular flexibility index (Phi) is 6.15. The molecule has 11 rings (SSSR count). The van der Waals surface area contributed by atoms with E-state index in [1.807, 2.05) is 42.5 Å². The highest BCUT2D eigenvalue weighted by Crippen LogP contribution is 2.42. The summed E-state index contributed by atoms with van der Waals surface area (Å²) in [5.74, 6) is 0.949. The van der Waals surface area contributed by atoms with Gasteiger partial charge in [0, 0.05) is 61.9 Å². The van der Waals surface area contributed by atoms with Gasteiger partial charge < -0.3 is 18.2 Å². The number of aromatic nitrogens is 2. The van der Waals surface area contributed by atoms with Gasteiger partial charge in [0.1, 0.15) is 22.3 Å². The molecule has 0 bridgehead atoms. The molecule has 0 atom stereocenters. The summed E-state index contributed by atoms with van der Waals surface area (Å²) in [5.41, 5.74) is 7.95. The smallest absolute Gasteiger partial charge is 0.248 e. The van der Waals surface area contributed by atoms with Crippen molar-refractivity contribution in [1.82, 2.24) is 10.2 Å². The molecule has 244 valence electrons. The Morgan fingerprint density at radius 1 is 0.327 bits per heavy atom. The zero-order chi connectivity index (χ0) is 34.2. The number of rotatable bonds is 5. The first-order valence-electron chi connectivity index (χ1n) is 17.2. The molecule has 3 heterocycles. The largest absolute Gasteiger partial charge is 0.456 e. The van der Waals surface area contributed by atoms with Crippen molar-refractivity contribution in [2.24, 2.45) is 0 Å². The first kappa shape index (κ1) is 28.6. The number of furan rings is 2. The Morgan fingerprint density at radius 2 is 0.750 bits per heavy atom. The molecule has 52 heavy (non-hydrogen) atoms. The molecule has 0 N–H and O–H groups in total. The van der Waals surface area contributed by atoms with Crippen molar-refractivity contribution in [3.8, 4) is 22.9 Å². The average Bonchev–Trinajstić information content (AvgIpc) is 3.92. The van der Waals surface area contributed by atoms with E-state index in [4.69, 9.17) is 13.3 Å². The molecular formula is C46H27N3O3. The van der Waals surface area contributed by atoms with Gasteiger partial charge in [-0.3, -0.25) is 0 Å². The van der Waals surface area contributed by atoms with E-state index in [9.17, 15) is 0 Å². The monoisotopic (exact) mass is 669 g/mol. The van der Waals surface area contributed by atoms with Gasteiger partial charge in [0.2, 0.25) is 11.8 Å². The Bertz CT molecular complexity index is 2980. The van der Waals surface area contributed by atoms with Crippen LogP contribution < -0.4 is 4.90 Å². The van der Waals surface area contributed by atoms with Crippen LogP contribution in [0.25, 0.3) is 88.3 Å². The van der Waals surface area contributed by atoms with E-state index in [2.05, 4.69) is 136 Å². The molecule has 0 spiro atoms. The van der Waals surface area contributed by atoms with Crippen LogP contribution in [-0.4, -0.2) is 10.2 Å². The van der Waals surface area contributed by atoms with Crippen LogP contribution in [0.15, 0.2) is 177 Å². The van der Waals surface area contributed by atoms with Gasteiger partial charge in [-0.15, -0.1) is 10.2 Å². The van der Waals surface area contributed by atoms with Crippen LogP contribution in [0.4, 0.5) is 17.1 Å². The number of hydrogen-bond acceptors (Lipinski definition) is 6. The minimum atomic E-state index is 0.462. The van der Waals surface area contributed by atoms with Gasteiger partial charge in [-0.05, 0) is 106 Å². The zero-order valence-electron chi connectivity index (χ0n) is 27.7. The summed E-state index contributed by atoms with van der Waals surface area (Å²) in [6.45, 7) is 0. The van der Waals surface area contributed by atoms with E-state index in [1.54, 1.807) is 0 Å². The fourth-order valence-electron chi connectivity index (χ4n) is 7.42. The van der Waals surface area contributed by atoms with Crippen LogP contribution >= 0.6 is 0 Å². The second kappa shape index (κ2) is 11.2. The summed E-state index contributed by atoms with van der Waals surface area (Å²) in [6, 6.07) is 56.3. The Hall–Kier alpha value is -7.18. The van der Waals surface area contributed by atoms with Gasteiger partial charge in [-0.2, -0.15) is 0 Å². The predicted molar refractivity (Wildman–Crippen MR) is 209 cm³/mol. The van der Waals surface area contributed by atoms with Gasteiger partial charge in [0.25, 0.3) is 0 Å². The second-order valence-corrected chi connectivity index (χ2v) is 13.1. The molecule has 8 aromatic carbocycles. The zero-order valence-corrected chi connectivity index (χ0v) is 27.7. The molecule has 0 saturated heterocycles. The van der Waals surface area contributed by atoms with Gasteiger partial charge >= 0.3 is 0 Å². The fourth-order valence-corrected chi connectivity index (χ4v) is 7.42. The standard InChI is InChI=1S/C46H27N3O3/c1-2-8-28(9-3-1)45-47-48-46(52-45)29-14-16-34(17-15-29)49(35-18-20-37-39-22-30-10-4-6-12-32(30)24-41(39)50-43(37)26-35)36-19-21-38-40-23-31-11-5-7-13-33(31)25-42(40)51-44(38)27-36/h1-27H. The van der Waals surface area contributed by atoms with Gasteiger partial charge in [0.15, 0.2) is 0 Å². The Balaban J connectivity index is 1.05. The summed E-state index contributed by atoms with van der Waals surface area (Å²) < 4.78 is 19.1. The summed E-state index contributed by atoms with van der Waals surface area (Å²) in [4.78, 5) is 2.22. The van der Waals surface area contributed by atoms with Gasteiger partial charge in [0.05, 0.1) is 0 Å². The maximum absolute atomic E-state index is 6.51. The van der Waals surface area contributed by atoms with Crippen molar-refractivity contribution >= 4 is 82.5 Å². The van der Waals surface area contributed by atoms with Crippen molar-refractivity contribution in [2.75, 3.05) is 4.90 Å². The molecule has 0 aliphatic heterocycles. The maximum atomic E-state index is 6.51. The van der Waals surface area contributed by atoms with E-state index >= 15 is 0 Å². The van der Waals surface area contributed by atoms with Crippen LogP contribution in [0.5, 0.6) is 0 Å². The highest BCUT2D eigenvalue weighted by Gasteiger charge is 2.19. The molecule has 6 heteroatoms. The summed E-state index contributed by atoms with van der Waals surface area (Å²) >= 11 is 0. The van der Waals surface area contributed by atoms with Crippen LogP contribution in [0.3, 0.4) is 0 Å². The lowest BCUT2D eigenvalue weighted by Gasteiger charge is -2.25. The van der Waals surface area contributed by atoms with Crippen molar-refractivity contribution in [3.63, 3.8) is 0 Å². The normalized spacial score (nSPS) is 11.8. The SMILES string of the molecule is c1ccc(-c2nnc(-c3ccc(N(c4ccc5c(c4)oc4cc6ccccc6cc45)c4ccc5c(c4)oc4cc6ccccc6cc45)cc3)o2)cc1. The lowest BCUT2D eigenvalue weighted by atomic mass is 10.0. The summed E-state index contributed by atoms with van der Waals surface area (Å²) in [7, 11) is 0. The number of fused-ring (bicyclic) bond motifs is 8. The average molecular weight is 670 g/mol. The van der Waals surface area contributed by atoms with E-state index in [0.29, 0.717) is 11.8 Å². The molecule has 0 aliphatic rings. The number of anilines is 3. The third kappa shape index (κ3) is 4.58. The quantitative estimate of drug-likeness (QED) is 0.182. The summed E-state index contributed by atoms with van der Waals surface area (Å²) in [5, 5.41) is 17.7. The minimum Gasteiger partial charge on any atom is -0.456 e. The second-order valence-electron chi connectivity index (χ2n) is 13.1. The van der Waals surface area contributed by atoms with Crippen LogP contribution in [0.1, 0.15) is 0 Å². The van der Waals surface area contributed by atoms with Crippen molar-refractivity contribution in [1.29, 1.82) is 0 Å². The van der Waals surface area contributed by atoms with Crippen molar-refractivity contribution < 1.29 is 13.3 Å². The van der Waals surface area contributed by atoms with E-state index in [-0.39, 0.29) is 0 Å². The molecule has 0 aliphatic carbocycles. The molecule has 0 amide bonds. The molecule has 6 nitrogen and oxygen atoms in total.